The molecule has 0 saturated heterocycles. The minimum Gasteiger partial charge on any atom is -0.311 e. The van der Waals surface area contributed by atoms with Crippen LogP contribution in [0, 0.1) is 0 Å². The molecule has 0 fully saturated rings. The molecule has 15 rings (SSSR count). The van der Waals surface area contributed by atoms with E-state index in [1.807, 2.05) is 0 Å². The van der Waals surface area contributed by atoms with Crippen LogP contribution in [-0.4, -0.2) is 0 Å². The highest BCUT2D eigenvalue weighted by atomic mass is 15.1. The first kappa shape index (κ1) is 66.2. The second-order valence-electron chi connectivity index (χ2n) is 25.7. The maximum absolute atomic E-state index is 2.35. The first-order valence-corrected chi connectivity index (χ1v) is 35.5. The smallest absolute Gasteiger partial charge is 0.0462 e. The van der Waals surface area contributed by atoms with Gasteiger partial charge in [-0.05, 0) is 208 Å². The Labute approximate surface area is 612 Å². The molecular formula is C102H76N2. The van der Waals surface area contributed by atoms with Crippen LogP contribution in [0.1, 0.15) is 89.0 Å². The van der Waals surface area contributed by atoms with Crippen molar-refractivity contribution in [2.24, 2.45) is 0 Å². The maximum atomic E-state index is 2.35. The summed E-state index contributed by atoms with van der Waals surface area (Å²) in [6.45, 7) is 0. The van der Waals surface area contributed by atoms with Gasteiger partial charge in [-0.2, -0.15) is 0 Å². The number of rotatable bonds is 22. The minimum atomic E-state index is 1.06. The summed E-state index contributed by atoms with van der Waals surface area (Å²) in [6, 6.07) is 147. The van der Waals surface area contributed by atoms with E-state index in [9.17, 15) is 0 Å². The molecule has 494 valence electrons. The van der Waals surface area contributed by atoms with Crippen molar-refractivity contribution in [1.29, 1.82) is 0 Å². The van der Waals surface area contributed by atoms with Gasteiger partial charge in [0, 0.05) is 34.1 Å². The zero-order valence-electron chi connectivity index (χ0n) is 57.8. The molecule has 15 aromatic carbocycles. The zero-order valence-corrected chi connectivity index (χ0v) is 57.8. The van der Waals surface area contributed by atoms with E-state index in [0.717, 1.165) is 78.6 Å². The van der Waals surface area contributed by atoms with Crippen LogP contribution in [0.15, 0.2) is 413 Å². The summed E-state index contributed by atoms with van der Waals surface area (Å²) in [4.78, 5) is 4.69. The second-order valence-corrected chi connectivity index (χ2v) is 25.7. The van der Waals surface area contributed by atoms with Crippen molar-refractivity contribution in [2.45, 2.75) is 0 Å². The fraction of sp³-hybridized carbons (Fsp3) is 0. The van der Waals surface area contributed by atoms with Gasteiger partial charge in [-0.1, -0.05) is 364 Å². The Kier molecular flexibility index (Phi) is 20.7. The van der Waals surface area contributed by atoms with Gasteiger partial charge in [0.15, 0.2) is 0 Å². The van der Waals surface area contributed by atoms with Gasteiger partial charge in [0.2, 0.25) is 0 Å². The van der Waals surface area contributed by atoms with E-state index in [1.165, 1.54) is 66.8 Å². The third-order valence-electron chi connectivity index (χ3n) is 18.7. The van der Waals surface area contributed by atoms with E-state index >= 15 is 0 Å². The highest BCUT2D eigenvalue weighted by Gasteiger charge is 2.17. The Morgan fingerprint density at radius 3 is 0.471 bits per heavy atom. The van der Waals surface area contributed by atoms with Gasteiger partial charge in [-0.15, -0.1) is 0 Å². The van der Waals surface area contributed by atoms with Gasteiger partial charge < -0.3 is 9.80 Å². The lowest BCUT2D eigenvalue weighted by Gasteiger charge is -2.26. The molecule has 0 aliphatic carbocycles. The van der Waals surface area contributed by atoms with Crippen molar-refractivity contribution in [1.82, 2.24) is 0 Å². The van der Waals surface area contributed by atoms with Crippen molar-refractivity contribution < 1.29 is 0 Å². The SMILES string of the molecule is C(=Cc1ccccc1C=Cc1ccc(N(c2ccc(C=C(c3ccccc3)c3ccccc3)cc2)c2ccc(C=C(c3ccccc3)c3ccccc3)cc2)cc1)c1ccc(N(c2ccc(C=C(c3ccccc3)c3ccccc3)cc2)c2ccc(C=C(c3ccccc3)c3ccccc3)cc2)cc1. The van der Waals surface area contributed by atoms with Crippen LogP contribution in [0.5, 0.6) is 0 Å². The lowest BCUT2D eigenvalue weighted by molar-refractivity contribution is 1.28. The summed E-state index contributed by atoms with van der Waals surface area (Å²) in [5, 5.41) is 0. The molecule has 104 heavy (non-hydrogen) atoms. The van der Waals surface area contributed by atoms with Crippen LogP contribution in [0.2, 0.25) is 0 Å². The molecule has 2 heteroatoms. The predicted octanol–water partition coefficient (Wildman–Crippen LogP) is 27.3. The standard InChI is InChI=1S/C102H76N2/c1-9-29-85(30-10-1)99(86-31-11-2-12-32-86)73-79-51-65-95(66-52-79)103(96-67-53-80(54-68-96)74-100(87-33-13-3-14-34-87)88-35-15-4-16-36-88)93-61-47-77(48-62-93)45-59-83-27-25-26-28-84(83)60-46-78-49-63-94(64-50-78)104(97-69-55-81(56-70-97)75-101(89-37-17-5-18-38-89)90-39-19-6-20-40-90)98-71-57-82(58-72-98)76-102(91-41-21-7-22-42-91)92-43-23-8-24-44-92/h1-76H. The van der Waals surface area contributed by atoms with Crippen LogP contribution in [0.4, 0.5) is 34.1 Å². The summed E-state index contributed by atoms with van der Waals surface area (Å²) < 4.78 is 0. The molecule has 2 nitrogen and oxygen atoms in total. The number of hydrogen-bond donors (Lipinski definition) is 0. The summed E-state index contributed by atoms with van der Waals surface area (Å²) in [5.41, 5.74) is 29.4. The first-order valence-electron chi connectivity index (χ1n) is 35.5. The molecule has 0 saturated carbocycles. The minimum absolute atomic E-state index is 1.06. The van der Waals surface area contributed by atoms with E-state index in [-0.39, 0.29) is 0 Å². The van der Waals surface area contributed by atoms with Gasteiger partial charge in [0.25, 0.3) is 0 Å². The van der Waals surface area contributed by atoms with Crippen molar-refractivity contribution in [3.05, 3.63) is 502 Å². The van der Waals surface area contributed by atoms with Gasteiger partial charge in [0.1, 0.15) is 0 Å². The Morgan fingerprint density at radius 1 is 0.144 bits per heavy atom. The highest BCUT2D eigenvalue weighted by molar-refractivity contribution is 5.96. The van der Waals surface area contributed by atoms with E-state index in [2.05, 4.69) is 471 Å². The zero-order chi connectivity index (χ0) is 69.9. The Morgan fingerprint density at radius 2 is 0.298 bits per heavy atom. The molecule has 0 heterocycles. The van der Waals surface area contributed by atoms with Crippen LogP contribution >= 0.6 is 0 Å². The fourth-order valence-corrected chi connectivity index (χ4v) is 13.4. The van der Waals surface area contributed by atoms with Gasteiger partial charge >= 0.3 is 0 Å². The van der Waals surface area contributed by atoms with Crippen molar-refractivity contribution in [2.75, 3.05) is 9.80 Å². The molecule has 0 radical (unpaired) electrons. The average molecular weight is 1330 g/mol. The van der Waals surface area contributed by atoms with Crippen molar-refractivity contribution in [3.63, 3.8) is 0 Å². The highest BCUT2D eigenvalue weighted by Crippen LogP contribution is 2.40. The lowest BCUT2D eigenvalue weighted by atomic mass is 9.95. The van der Waals surface area contributed by atoms with Crippen molar-refractivity contribution in [3.8, 4) is 0 Å². The van der Waals surface area contributed by atoms with Gasteiger partial charge in [0.05, 0.1) is 0 Å². The Hall–Kier alpha value is -13.7. The monoisotopic (exact) mass is 1330 g/mol. The normalized spacial score (nSPS) is 11.0. The molecule has 15 aromatic rings. The molecule has 0 atom stereocenters. The summed E-state index contributed by atoms with van der Waals surface area (Å²) in [6.07, 6.45) is 18.0. The average Bonchev–Trinajstić information content (AvgIpc) is 0.800. The first-order chi connectivity index (χ1) is 51.5. The van der Waals surface area contributed by atoms with Crippen LogP contribution in [0.3, 0.4) is 0 Å². The summed E-state index contributed by atoms with van der Waals surface area (Å²) >= 11 is 0. The molecule has 0 N–H and O–H groups in total. The largest absolute Gasteiger partial charge is 0.311 e. The lowest BCUT2D eigenvalue weighted by Crippen LogP contribution is -2.09. The molecule has 0 aliphatic rings. The second kappa shape index (κ2) is 32.6. The molecular weight excluding hydrogens is 1250 g/mol. The third-order valence-corrected chi connectivity index (χ3v) is 18.7. The van der Waals surface area contributed by atoms with E-state index in [4.69, 9.17) is 0 Å². The Balaban J connectivity index is 0.706. The summed E-state index contributed by atoms with van der Waals surface area (Å²) in [7, 11) is 0. The van der Waals surface area contributed by atoms with Crippen molar-refractivity contribution >= 4 is 105 Å². The molecule has 0 aliphatic heterocycles. The number of anilines is 6. The molecule has 0 bridgehead atoms. The van der Waals surface area contributed by atoms with Crippen LogP contribution in [0.25, 0.3) is 70.9 Å². The molecule has 0 unspecified atom stereocenters. The topological polar surface area (TPSA) is 6.48 Å². The van der Waals surface area contributed by atoms with Crippen LogP contribution < -0.4 is 9.80 Å². The van der Waals surface area contributed by atoms with E-state index in [1.54, 1.807) is 0 Å². The third kappa shape index (κ3) is 16.3. The summed E-state index contributed by atoms with van der Waals surface area (Å²) in [5.74, 6) is 0. The van der Waals surface area contributed by atoms with E-state index in [0.29, 0.717) is 0 Å². The molecule has 0 amide bonds. The van der Waals surface area contributed by atoms with Gasteiger partial charge in [-0.3, -0.25) is 0 Å². The molecule has 0 spiro atoms. The predicted molar refractivity (Wildman–Crippen MR) is 446 cm³/mol. The number of hydrogen-bond acceptors (Lipinski definition) is 2. The number of benzene rings is 15. The van der Waals surface area contributed by atoms with Gasteiger partial charge in [-0.25, -0.2) is 0 Å². The fourth-order valence-electron chi connectivity index (χ4n) is 13.4. The molecule has 0 aromatic heterocycles. The van der Waals surface area contributed by atoms with Crippen LogP contribution in [-0.2, 0) is 0 Å². The van der Waals surface area contributed by atoms with E-state index < -0.39 is 0 Å². The quantitative estimate of drug-likeness (QED) is 0.0624. The maximum Gasteiger partial charge on any atom is 0.0462 e. The Bertz CT molecular complexity index is 4670. The number of nitrogens with zero attached hydrogens (tertiary/aromatic N) is 2.